The summed E-state index contributed by atoms with van der Waals surface area (Å²) in [6, 6.07) is 0.863. The van der Waals surface area contributed by atoms with Crippen LogP contribution in [0.3, 0.4) is 0 Å². The van der Waals surface area contributed by atoms with E-state index in [9.17, 15) is 8.42 Å². The summed E-state index contributed by atoms with van der Waals surface area (Å²) >= 11 is 0. The first-order valence-corrected chi connectivity index (χ1v) is 9.75. The van der Waals surface area contributed by atoms with Crippen LogP contribution in [0.5, 0.6) is 0 Å². The molecule has 0 saturated heterocycles. The van der Waals surface area contributed by atoms with Crippen molar-refractivity contribution in [2.75, 3.05) is 12.3 Å². The Labute approximate surface area is 124 Å². The highest BCUT2D eigenvalue weighted by molar-refractivity contribution is 7.89. The lowest BCUT2D eigenvalue weighted by Gasteiger charge is -2.35. The first-order valence-electron chi connectivity index (χ1n) is 8.10. The fraction of sp³-hybridized carbons (Fsp3) is 1.00. The molecule has 2 N–H and O–H groups in total. The second kappa shape index (κ2) is 6.75. The van der Waals surface area contributed by atoms with Crippen LogP contribution >= 0.6 is 0 Å². The Morgan fingerprint density at radius 2 is 1.85 bits per heavy atom. The quantitative estimate of drug-likeness (QED) is 0.677. The fourth-order valence-electron chi connectivity index (χ4n) is 3.12. The molecule has 0 spiro atoms. The Morgan fingerprint density at radius 3 is 2.50 bits per heavy atom. The molecule has 0 aromatic heterocycles. The second-order valence-electron chi connectivity index (χ2n) is 7.33. The average Bonchev–Trinajstić information content (AvgIpc) is 3.10. The molecular formula is C15H30N2O2S. The Balaban J connectivity index is 1.64. The summed E-state index contributed by atoms with van der Waals surface area (Å²) in [4.78, 5) is 0. The van der Waals surface area contributed by atoms with E-state index in [1.807, 2.05) is 0 Å². The van der Waals surface area contributed by atoms with Gasteiger partial charge in [-0.05, 0) is 56.9 Å². The Kier molecular flexibility index (Phi) is 5.49. The summed E-state index contributed by atoms with van der Waals surface area (Å²) in [7, 11) is -3.09. The van der Waals surface area contributed by atoms with E-state index >= 15 is 0 Å². The lowest BCUT2D eigenvalue weighted by Crippen LogP contribution is -2.41. The number of rotatable bonds is 8. The molecule has 0 bridgehead atoms. The fourth-order valence-corrected chi connectivity index (χ4v) is 4.53. The van der Waals surface area contributed by atoms with Crippen molar-refractivity contribution in [2.24, 2.45) is 5.41 Å². The van der Waals surface area contributed by atoms with Crippen LogP contribution in [-0.4, -0.2) is 32.8 Å². The number of hydrogen-bond acceptors (Lipinski definition) is 3. The third-order valence-corrected chi connectivity index (χ3v) is 5.92. The van der Waals surface area contributed by atoms with Crippen molar-refractivity contribution in [3.63, 3.8) is 0 Å². The molecule has 0 radical (unpaired) electrons. The lowest BCUT2D eigenvalue weighted by molar-refractivity contribution is 0.212. The van der Waals surface area contributed by atoms with Crippen molar-refractivity contribution in [3.05, 3.63) is 0 Å². The molecule has 1 atom stereocenters. The zero-order valence-corrected chi connectivity index (χ0v) is 13.8. The first-order chi connectivity index (χ1) is 9.36. The van der Waals surface area contributed by atoms with Crippen LogP contribution < -0.4 is 10.0 Å². The minimum absolute atomic E-state index is 0.147. The van der Waals surface area contributed by atoms with Crippen LogP contribution in [0.2, 0.25) is 0 Å². The minimum atomic E-state index is -3.09. The SMILES string of the molecule is CC1(C)CCCC(NS(=O)(=O)CCCCNC2CC2)C1. The van der Waals surface area contributed by atoms with Crippen molar-refractivity contribution in [3.8, 4) is 0 Å². The van der Waals surface area contributed by atoms with Gasteiger partial charge in [-0.15, -0.1) is 0 Å². The van der Waals surface area contributed by atoms with E-state index in [-0.39, 0.29) is 17.2 Å². The van der Waals surface area contributed by atoms with Crippen molar-refractivity contribution >= 4 is 10.0 Å². The van der Waals surface area contributed by atoms with Gasteiger partial charge in [0, 0.05) is 12.1 Å². The van der Waals surface area contributed by atoms with Gasteiger partial charge in [-0.1, -0.05) is 20.3 Å². The standard InChI is InChI=1S/C15H30N2O2S/c1-15(2)9-5-6-14(12-15)17-20(18,19)11-4-3-10-16-13-7-8-13/h13-14,16-17H,3-12H2,1-2H3. The highest BCUT2D eigenvalue weighted by atomic mass is 32.2. The average molecular weight is 302 g/mol. The largest absolute Gasteiger partial charge is 0.314 e. The maximum Gasteiger partial charge on any atom is 0.211 e. The van der Waals surface area contributed by atoms with Crippen molar-refractivity contribution in [2.45, 2.75) is 77.3 Å². The molecule has 0 amide bonds. The van der Waals surface area contributed by atoms with Gasteiger partial charge in [0.2, 0.25) is 10.0 Å². The van der Waals surface area contributed by atoms with E-state index in [4.69, 9.17) is 0 Å². The topological polar surface area (TPSA) is 58.2 Å². The molecule has 2 rings (SSSR count). The molecule has 1 unspecified atom stereocenters. The number of nitrogens with one attached hydrogen (secondary N) is 2. The lowest BCUT2D eigenvalue weighted by atomic mass is 9.75. The Hall–Kier alpha value is -0.130. The summed E-state index contributed by atoms with van der Waals surface area (Å²) in [5.74, 6) is 0.274. The monoisotopic (exact) mass is 302 g/mol. The molecule has 0 aromatic carbocycles. The third-order valence-electron chi connectivity index (χ3n) is 4.40. The van der Waals surface area contributed by atoms with E-state index in [0.29, 0.717) is 6.04 Å². The number of hydrogen-bond donors (Lipinski definition) is 2. The molecule has 2 fully saturated rings. The summed E-state index contributed by atoms with van der Waals surface area (Å²) in [5, 5.41) is 3.42. The molecule has 20 heavy (non-hydrogen) atoms. The van der Waals surface area contributed by atoms with Gasteiger partial charge in [-0.25, -0.2) is 13.1 Å². The highest BCUT2D eigenvalue weighted by Crippen LogP contribution is 2.35. The highest BCUT2D eigenvalue weighted by Gasteiger charge is 2.30. The molecule has 5 heteroatoms. The van der Waals surface area contributed by atoms with Gasteiger partial charge >= 0.3 is 0 Å². The number of sulfonamides is 1. The van der Waals surface area contributed by atoms with Gasteiger partial charge in [-0.3, -0.25) is 0 Å². The van der Waals surface area contributed by atoms with Crippen LogP contribution in [-0.2, 0) is 10.0 Å². The predicted octanol–water partition coefficient (Wildman–Crippen LogP) is 2.41. The van der Waals surface area contributed by atoms with Gasteiger partial charge in [-0.2, -0.15) is 0 Å². The van der Waals surface area contributed by atoms with Gasteiger partial charge in [0.05, 0.1) is 5.75 Å². The molecule has 2 saturated carbocycles. The Bertz CT molecular complexity index is 402. The van der Waals surface area contributed by atoms with E-state index in [0.717, 1.165) is 38.6 Å². The van der Waals surface area contributed by atoms with Crippen LogP contribution in [0.15, 0.2) is 0 Å². The molecule has 4 nitrogen and oxygen atoms in total. The van der Waals surface area contributed by atoms with Crippen LogP contribution in [0.4, 0.5) is 0 Å². The molecule has 0 aromatic rings. The van der Waals surface area contributed by atoms with Crippen LogP contribution in [0, 0.1) is 5.41 Å². The molecular weight excluding hydrogens is 272 g/mol. The molecule has 0 heterocycles. The minimum Gasteiger partial charge on any atom is -0.314 e. The van der Waals surface area contributed by atoms with Crippen molar-refractivity contribution < 1.29 is 8.42 Å². The predicted molar refractivity (Wildman–Crippen MR) is 83.2 cm³/mol. The summed E-state index contributed by atoms with van der Waals surface area (Å²) in [6.07, 6.45) is 8.58. The maximum atomic E-state index is 12.1. The molecule has 2 aliphatic rings. The van der Waals surface area contributed by atoms with E-state index in [1.165, 1.54) is 19.3 Å². The first kappa shape index (κ1) is 16.2. The summed E-state index contributed by atoms with van der Waals surface area (Å²) in [6.45, 7) is 5.42. The van der Waals surface area contributed by atoms with Gasteiger partial charge in [0.15, 0.2) is 0 Å². The van der Waals surface area contributed by atoms with Gasteiger partial charge < -0.3 is 5.32 Å². The van der Waals surface area contributed by atoms with Crippen LogP contribution in [0.25, 0.3) is 0 Å². The normalized spacial score (nSPS) is 26.6. The van der Waals surface area contributed by atoms with Crippen molar-refractivity contribution in [1.82, 2.24) is 10.0 Å². The zero-order chi connectivity index (χ0) is 14.6. The number of unbranched alkanes of at least 4 members (excludes halogenated alkanes) is 1. The molecule has 118 valence electrons. The van der Waals surface area contributed by atoms with Crippen molar-refractivity contribution in [1.29, 1.82) is 0 Å². The van der Waals surface area contributed by atoms with Gasteiger partial charge in [0.25, 0.3) is 0 Å². The zero-order valence-electron chi connectivity index (χ0n) is 13.0. The summed E-state index contributed by atoms with van der Waals surface area (Å²) in [5.41, 5.74) is 0.277. The van der Waals surface area contributed by atoms with Gasteiger partial charge in [0.1, 0.15) is 0 Å². The maximum absolute atomic E-state index is 12.1. The van der Waals surface area contributed by atoms with E-state index < -0.39 is 10.0 Å². The van der Waals surface area contributed by atoms with Crippen LogP contribution in [0.1, 0.15) is 65.2 Å². The summed E-state index contributed by atoms with van der Waals surface area (Å²) < 4.78 is 27.1. The molecule has 0 aliphatic heterocycles. The molecule has 2 aliphatic carbocycles. The van der Waals surface area contributed by atoms with E-state index in [1.54, 1.807) is 0 Å². The Morgan fingerprint density at radius 1 is 1.10 bits per heavy atom. The third kappa shape index (κ3) is 6.10. The smallest absolute Gasteiger partial charge is 0.211 e. The second-order valence-corrected chi connectivity index (χ2v) is 9.20. The van der Waals surface area contributed by atoms with E-state index in [2.05, 4.69) is 23.9 Å².